The molecule has 3 N–H and O–H groups in total. The van der Waals surface area contributed by atoms with Gasteiger partial charge in [-0.05, 0) is 31.4 Å². The topological polar surface area (TPSA) is 77.2 Å². The number of hydrogen-bond acceptors (Lipinski definition) is 4. The van der Waals surface area contributed by atoms with E-state index in [4.69, 9.17) is 10.5 Å². The molecular formula is C15H23N3O2. The van der Waals surface area contributed by atoms with E-state index in [1.54, 1.807) is 13.3 Å². The molecule has 0 bridgehead atoms. The van der Waals surface area contributed by atoms with E-state index in [2.05, 4.69) is 10.3 Å². The summed E-state index contributed by atoms with van der Waals surface area (Å²) in [5, 5.41) is 2.98. The Labute approximate surface area is 119 Å². The molecule has 0 aromatic carbocycles. The van der Waals surface area contributed by atoms with Crippen LogP contribution < -0.4 is 11.1 Å². The average Bonchev–Trinajstić information content (AvgIpc) is 2.48. The van der Waals surface area contributed by atoms with Crippen molar-refractivity contribution in [2.75, 3.05) is 13.7 Å². The maximum atomic E-state index is 12.1. The quantitative estimate of drug-likeness (QED) is 0.837. The molecule has 0 saturated heterocycles. The van der Waals surface area contributed by atoms with E-state index in [0.29, 0.717) is 13.0 Å². The Kier molecular flexibility index (Phi) is 5.49. The summed E-state index contributed by atoms with van der Waals surface area (Å²) in [4.78, 5) is 16.3. The van der Waals surface area contributed by atoms with Crippen molar-refractivity contribution in [1.82, 2.24) is 10.3 Å². The van der Waals surface area contributed by atoms with Gasteiger partial charge in [0, 0.05) is 43.9 Å². The molecule has 1 amide bonds. The standard InChI is InChI=1S/C15H23N3O2/c1-20-14-6-5-11(10-13(14)16)15(19)18-9-7-12-4-2-3-8-17-12/h2-4,8,11,13-14H,5-7,9-10,16H2,1H3,(H,18,19)/t11-,13+,14+/m0/s1. The molecule has 0 spiro atoms. The molecule has 1 saturated carbocycles. The fourth-order valence-electron chi connectivity index (χ4n) is 2.71. The van der Waals surface area contributed by atoms with Gasteiger partial charge in [-0.2, -0.15) is 0 Å². The molecule has 1 aromatic rings. The first-order valence-electron chi connectivity index (χ1n) is 7.16. The molecule has 1 fully saturated rings. The van der Waals surface area contributed by atoms with Crippen LogP contribution in [-0.2, 0) is 16.0 Å². The van der Waals surface area contributed by atoms with E-state index in [9.17, 15) is 4.79 Å². The number of nitrogens with zero attached hydrogens (tertiary/aromatic N) is 1. The highest BCUT2D eigenvalue weighted by atomic mass is 16.5. The SMILES string of the molecule is CO[C@@H]1CC[C@H](C(=O)NCCc2ccccn2)C[C@H]1N. The van der Waals surface area contributed by atoms with Crippen LogP contribution in [0.15, 0.2) is 24.4 Å². The second-order valence-corrected chi connectivity index (χ2v) is 5.31. The second kappa shape index (κ2) is 7.36. The van der Waals surface area contributed by atoms with Crippen LogP contribution in [0.5, 0.6) is 0 Å². The van der Waals surface area contributed by atoms with Crippen LogP contribution in [0.2, 0.25) is 0 Å². The van der Waals surface area contributed by atoms with Gasteiger partial charge < -0.3 is 15.8 Å². The van der Waals surface area contributed by atoms with Crippen LogP contribution in [0.3, 0.4) is 0 Å². The van der Waals surface area contributed by atoms with Gasteiger partial charge in [-0.25, -0.2) is 0 Å². The molecule has 110 valence electrons. The van der Waals surface area contributed by atoms with E-state index in [0.717, 1.165) is 25.0 Å². The van der Waals surface area contributed by atoms with Gasteiger partial charge >= 0.3 is 0 Å². The molecule has 5 nitrogen and oxygen atoms in total. The van der Waals surface area contributed by atoms with E-state index in [1.165, 1.54) is 0 Å². The molecular weight excluding hydrogens is 254 g/mol. The summed E-state index contributed by atoms with van der Waals surface area (Å²) in [6, 6.07) is 5.76. The molecule has 0 aliphatic heterocycles. The van der Waals surface area contributed by atoms with E-state index in [-0.39, 0.29) is 24.0 Å². The lowest BCUT2D eigenvalue weighted by Crippen LogP contribution is -2.45. The molecule has 1 heterocycles. The highest BCUT2D eigenvalue weighted by Gasteiger charge is 2.31. The first kappa shape index (κ1) is 14.9. The van der Waals surface area contributed by atoms with Crippen molar-refractivity contribution in [1.29, 1.82) is 0 Å². The minimum atomic E-state index is -0.0414. The fourth-order valence-corrected chi connectivity index (χ4v) is 2.71. The molecule has 0 unspecified atom stereocenters. The molecule has 5 heteroatoms. The molecule has 20 heavy (non-hydrogen) atoms. The summed E-state index contributed by atoms with van der Waals surface area (Å²) in [6.07, 6.45) is 5.02. The van der Waals surface area contributed by atoms with Crippen LogP contribution in [-0.4, -0.2) is 36.7 Å². The number of pyridine rings is 1. The third kappa shape index (κ3) is 4.02. The predicted molar refractivity (Wildman–Crippen MR) is 77.1 cm³/mol. The Balaban J connectivity index is 1.73. The molecule has 1 aliphatic rings. The zero-order valence-corrected chi connectivity index (χ0v) is 11.9. The lowest BCUT2D eigenvalue weighted by Gasteiger charge is -2.32. The molecule has 3 atom stereocenters. The first-order valence-corrected chi connectivity index (χ1v) is 7.16. The summed E-state index contributed by atoms with van der Waals surface area (Å²) < 4.78 is 5.31. The van der Waals surface area contributed by atoms with Crippen molar-refractivity contribution in [2.24, 2.45) is 11.7 Å². The number of aromatic nitrogens is 1. The van der Waals surface area contributed by atoms with Crippen LogP contribution in [0, 0.1) is 5.92 Å². The van der Waals surface area contributed by atoms with Gasteiger partial charge in [-0.3, -0.25) is 9.78 Å². The smallest absolute Gasteiger partial charge is 0.223 e. The number of carbonyl (C=O) groups is 1. The second-order valence-electron chi connectivity index (χ2n) is 5.31. The van der Waals surface area contributed by atoms with Crippen LogP contribution in [0.25, 0.3) is 0 Å². The van der Waals surface area contributed by atoms with Crippen LogP contribution in [0.1, 0.15) is 25.0 Å². The van der Waals surface area contributed by atoms with Gasteiger partial charge in [0.1, 0.15) is 0 Å². The number of amides is 1. The number of hydrogen-bond donors (Lipinski definition) is 2. The third-order valence-corrected chi connectivity index (χ3v) is 3.91. The minimum Gasteiger partial charge on any atom is -0.380 e. The Morgan fingerprint density at radius 1 is 1.50 bits per heavy atom. The molecule has 1 aromatic heterocycles. The normalized spacial score (nSPS) is 26.2. The first-order chi connectivity index (χ1) is 9.70. The van der Waals surface area contributed by atoms with Gasteiger partial charge in [-0.15, -0.1) is 0 Å². The summed E-state index contributed by atoms with van der Waals surface area (Å²) in [7, 11) is 1.68. The van der Waals surface area contributed by atoms with Crippen LogP contribution in [0.4, 0.5) is 0 Å². The Morgan fingerprint density at radius 3 is 3.00 bits per heavy atom. The molecule has 2 rings (SSSR count). The summed E-state index contributed by atoms with van der Waals surface area (Å²) in [5.74, 6) is 0.117. The highest BCUT2D eigenvalue weighted by Crippen LogP contribution is 2.25. The van der Waals surface area contributed by atoms with Gasteiger partial charge in [-0.1, -0.05) is 6.07 Å². The zero-order chi connectivity index (χ0) is 14.4. The van der Waals surface area contributed by atoms with Gasteiger partial charge in [0.15, 0.2) is 0 Å². The lowest BCUT2D eigenvalue weighted by atomic mass is 9.83. The van der Waals surface area contributed by atoms with Crippen molar-refractivity contribution >= 4 is 5.91 Å². The monoisotopic (exact) mass is 277 g/mol. The Bertz CT molecular complexity index is 424. The van der Waals surface area contributed by atoms with Gasteiger partial charge in [0.2, 0.25) is 5.91 Å². The summed E-state index contributed by atoms with van der Waals surface area (Å²) >= 11 is 0. The van der Waals surface area contributed by atoms with Crippen molar-refractivity contribution < 1.29 is 9.53 Å². The van der Waals surface area contributed by atoms with E-state index < -0.39 is 0 Å². The largest absolute Gasteiger partial charge is 0.380 e. The Hall–Kier alpha value is -1.46. The van der Waals surface area contributed by atoms with Crippen molar-refractivity contribution in [2.45, 2.75) is 37.8 Å². The average molecular weight is 277 g/mol. The van der Waals surface area contributed by atoms with Gasteiger partial charge in [0.05, 0.1) is 6.10 Å². The third-order valence-electron chi connectivity index (χ3n) is 3.91. The predicted octanol–water partition coefficient (Wildman–Crippen LogP) is 0.883. The lowest BCUT2D eigenvalue weighted by molar-refractivity contribution is -0.127. The van der Waals surface area contributed by atoms with Crippen molar-refractivity contribution in [3.05, 3.63) is 30.1 Å². The maximum absolute atomic E-state index is 12.1. The molecule has 0 radical (unpaired) electrons. The van der Waals surface area contributed by atoms with Crippen LogP contribution >= 0.6 is 0 Å². The van der Waals surface area contributed by atoms with Gasteiger partial charge in [0.25, 0.3) is 0 Å². The summed E-state index contributed by atoms with van der Waals surface area (Å²) in [6.45, 7) is 0.620. The van der Waals surface area contributed by atoms with E-state index >= 15 is 0 Å². The maximum Gasteiger partial charge on any atom is 0.223 e. The van der Waals surface area contributed by atoms with E-state index in [1.807, 2.05) is 18.2 Å². The van der Waals surface area contributed by atoms with Crippen molar-refractivity contribution in [3.8, 4) is 0 Å². The minimum absolute atomic E-state index is 0.0140. The highest BCUT2D eigenvalue weighted by molar-refractivity contribution is 5.78. The molecule has 1 aliphatic carbocycles. The number of rotatable bonds is 5. The number of methoxy groups -OCH3 is 1. The Morgan fingerprint density at radius 2 is 2.35 bits per heavy atom. The number of ether oxygens (including phenoxy) is 1. The fraction of sp³-hybridized carbons (Fsp3) is 0.600. The number of carbonyl (C=O) groups excluding carboxylic acids is 1. The number of nitrogens with two attached hydrogens (primary N) is 1. The number of nitrogens with one attached hydrogen (secondary N) is 1. The summed E-state index contributed by atoms with van der Waals surface area (Å²) in [5.41, 5.74) is 7.02. The zero-order valence-electron chi connectivity index (χ0n) is 11.9. The van der Waals surface area contributed by atoms with Crippen molar-refractivity contribution in [3.63, 3.8) is 0 Å².